The highest BCUT2D eigenvalue weighted by Gasteiger charge is 2.38. The van der Waals surface area contributed by atoms with E-state index in [0.29, 0.717) is 0 Å². The molecule has 7 nitrogen and oxygen atoms in total. The maximum Gasteiger partial charge on any atom is 0.500 e. The van der Waals surface area contributed by atoms with Gasteiger partial charge in [-0.1, -0.05) is 6.92 Å². The zero-order valence-corrected chi connectivity index (χ0v) is 18.6. The third-order valence-corrected chi connectivity index (χ3v) is 9.98. The number of nitrogens with zero attached hydrogens (tertiary/aromatic N) is 1. The van der Waals surface area contributed by atoms with Gasteiger partial charge in [-0.2, -0.15) is 0 Å². The van der Waals surface area contributed by atoms with E-state index in [9.17, 15) is 0 Å². The predicted molar refractivity (Wildman–Crippen MR) is 99.1 cm³/mol. The summed E-state index contributed by atoms with van der Waals surface area (Å²) in [4.78, 5) is 2.46. The van der Waals surface area contributed by atoms with Gasteiger partial charge < -0.3 is 31.5 Å². The Hall–Kier alpha value is 0.154. The molecule has 0 spiro atoms. The van der Waals surface area contributed by atoms with E-state index in [2.05, 4.69) is 11.8 Å². The molecule has 0 atom stereocenters. The molecular weight excluding hydrogens is 346 g/mol. The van der Waals surface area contributed by atoms with Gasteiger partial charge in [-0.15, -0.1) is 0 Å². The van der Waals surface area contributed by atoms with Crippen molar-refractivity contribution in [3.05, 3.63) is 0 Å². The molecule has 0 aromatic carbocycles. The van der Waals surface area contributed by atoms with E-state index >= 15 is 0 Å². The average molecular weight is 384 g/mol. The molecule has 0 rings (SSSR count). The molecular formula is C15H37NO6Si2. The van der Waals surface area contributed by atoms with Crippen LogP contribution >= 0.6 is 0 Å². The van der Waals surface area contributed by atoms with Gasteiger partial charge in [0.15, 0.2) is 0 Å². The Morgan fingerprint density at radius 2 is 0.917 bits per heavy atom. The van der Waals surface area contributed by atoms with E-state index in [1.807, 2.05) is 0 Å². The minimum atomic E-state index is -2.47. The van der Waals surface area contributed by atoms with Gasteiger partial charge in [0.25, 0.3) is 0 Å². The molecule has 0 saturated heterocycles. The van der Waals surface area contributed by atoms with Gasteiger partial charge in [-0.25, -0.2) is 0 Å². The Kier molecular flexibility index (Phi) is 13.5. The van der Waals surface area contributed by atoms with Crippen LogP contribution in [-0.4, -0.2) is 84.8 Å². The largest absolute Gasteiger partial charge is 0.500 e. The molecule has 0 aromatic rings. The van der Waals surface area contributed by atoms with Gasteiger partial charge >= 0.3 is 17.6 Å². The predicted octanol–water partition coefficient (Wildman–Crippen LogP) is 2.23. The van der Waals surface area contributed by atoms with Crippen molar-refractivity contribution in [3.8, 4) is 0 Å². The van der Waals surface area contributed by atoms with Crippen LogP contribution in [0.3, 0.4) is 0 Å². The second-order valence-corrected chi connectivity index (χ2v) is 11.8. The zero-order chi connectivity index (χ0) is 18.5. The Morgan fingerprint density at radius 3 is 1.17 bits per heavy atom. The number of hydrogen-bond acceptors (Lipinski definition) is 7. The maximum atomic E-state index is 5.48. The minimum Gasteiger partial charge on any atom is -0.377 e. The fourth-order valence-corrected chi connectivity index (χ4v) is 6.21. The summed E-state index contributed by atoms with van der Waals surface area (Å²) in [5.41, 5.74) is 0. The molecule has 146 valence electrons. The molecule has 0 radical (unpaired) electrons. The van der Waals surface area contributed by atoms with Crippen molar-refractivity contribution >= 4 is 17.6 Å². The van der Waals surface area contributed by atoms with Crippen molar-refractivity contribution in [2.24, 2.45) is 0 Å². The summed E-state index contributed by atoms with van der Waals surface area (Å²) in [5, 5.41) is 0. The van der Waals surface area contributed by atoms with Gasteiger partial charge in [0.1, 0.15) is 0 Å². The van der Waals surface area contributed by atoms with E-state index in [1.165, 1.54) is 0 Å². The summed E-state index contributed by atoms with van der Waals surface area (Å²) in [5.74, 6) is 0. The highest BCUT2D eigenvalue weighted by atomic mass is 28.4. The summed E-state index contributed by atoms with van der Waals surface area (Å²) in [7, 11) is 5.03. The first-order chi connectivity index (χ1) is 11.5. The molecule has 0 aliphatic heterocycles. The van der Waals surface area contributed by atoms with E-state index in [-0.39, 0.29) is 0 Å². The molecule has 0 bridgehead atoms. The van der Waals surface area contributed by atoms with Crippen molar-refractivity contribution in [2.45, 2.75) is 38.3 Å². The van der Waals surface area contributed by atoms with Crippen LogP contribution in [0, 0.1) is 0 Å². The van der Waals surface area contributed by atoms with Crippen molar-refractivity contribution in [3.63, 3.8) is 0 Å². The first kappa shape index (κ1) is 24.2. The van der Waals surface area contributed by atoms with E-state index in [0.717, 1.165) is 51.0 Å². The van der Waals surface area contributed by atoms with E-state index < -0.39 is 17.6 Å². The summed E-state index contributed by atoms with van der Waals surface area (Å²) in [6.07, 6.45) is 3.11. The van der Waals surface area contributed by atoms with Crippen molar-refractivity contribution in [2.75, 3.05) is 62.3 Å². The topological polar surface area (TPSA) is 58.6 Å². The monoisotopic (exact) mass is 383 g/mol. The third-order valence-electron chi connectivity index (χ3n) is 4.32. The lowest BCUT2D eigenvalue weighted by atomic mass is 10.3. The highest BCUT2D eigenvalue weighted by molar-refractivity contribution is 6.60. The molecule has 0 aromatic heterocycles. The van der Waals surface area contributed by atoms with Crippen molar-refractivity contribution < 1.29 is 26.6 Å². The van der Waals surface area contributed by atoms with E-state index in [1.54, 1.807) is 42.7 Å². The van der Waals surface area contributed by atoms with Crippen LogP contribution in [0.15, 0.2) is 0 Å². The lowest BCUT2D eigenvalue weighted by molar-refractivity contribution is 0.119. The van der Waals surface area contributed by atoms with Crippen LogP contribution < -0.4 is 0 Å². The molecule has 9 heteroatoms. The molecule has 0 N–H and O–H groups in total. The summed E-state index contributed by atoms with van der Waals surface area (Å²) in [6.45, 7) is 5.27. The Morgan fingerprint density at radius 1 is 0.583 bits per heavy atom. The molecule has 0 aliphatic carbocycles. The summed E-state index contributed by atoms with van der Waals surface area (Å²) in [6, 6.07) is 1.65. The Labute approximate surface area is 150 Å². The van der Waals surface area contributed by atoms with Crippen LogP contribution in [0.2, 0.25) is 12.1 Å². The third kappa shape index (κ3) is 8.02. The molecule has 0 fully saturated rings. The second kappa shape index (κ2) is 13.4. The van der Waals surface area contributed by atoms with Crippen LogP contribution in [0.4, 0.5) is 0 Å². The Balaban J connectivity index is 4.35. The SMILES string of the molecule is CCCN(CCC[Si](OC)(OC)OC)CCC[Si](OC)(OC)OC. The highest BCUT2D eigenvalue weighted by Crippen LogP contribution is 2.17. The quantitative estimate of drug-likeness (QED) is 0.379. The van der Waals surface area contributed by atoms with Crippen molar-refractivity contribution in [1.29, 1.82) is 0 Å². The fraction of sp³-hybridized carbons (Fsp3) is 1.00. The molecule has 0 heterocycles. The van der Waals surface area contributed by atoms with E-state index in [4.69, 9.17) is 26.6 Å². The normalized spacial score (nSPS) is 13.0. The van der Waals surface area contributed by atoms with Gasteiger partial charge in [0.2, 0.25) is 0 Å². The molecule has 0 aliphatic rings. The first-order valence-corrected chi connectivity index (χ1v) is 12.4. The van der Waals surface area contributed by atoms with Crippen LogP contribution in [-0.2, 0) is 26.6 Å². The fourth-order valence-electron chi connectivity index (χ4n) is 2.80. The molecule has 24 heavy (non-hydrogen) atoms. The average Bonchev–Trinajstić information content (AvgIpc) is 2.63. The lowest BCUT2D eigenvalue weighted by Crippen LogP contribution is -2.44. The second-order valence-electron chi connectivity index (χ2n) is 5.64. The lowest BCUT2D eigenvalue weighted by Gasteiger charge is -2.28. The number of rotatable bonds is 16. The van der Waals surface area contributed by atoms with Gasteiger partial charge in [0.05, 0.1) is 0 Å². The van der Waals surface area contributed by atoms with Crippen LogP contribution in [0.25, 0.3) is 0 Å². The Bertz CT molecular complexity index is 261. The summed E-state index contributed by atoms with van der Waals surface area (Å²) >= 11 is 0. The zero-order valence-electron chi connectivity index (χ0n) is 16.6. The van der Waals surface area contributed by atoms with Crippen LogP contribution in [0.5, 0.6) is 0 Å². The standard InChI is InChI=1S/C15H37NO6Si2/c1-8-11-16(12-9-14-23(17-2,18-3)19-4)13-10-15-24(20-5,21-6)22-7/h8-15H2,1-7H3. The van der Waals surface area contributed by atoms with Gasteiger partial charge in [-0.05, 0) is 38.9 Å². The van der Waals surface area contributed by atoms with Crippen LogP contribution in [0.1, 0.15) is 26.2 Å². The molecule has 0 unspecified atom stereocenters. The molecule has 0 amide bonds. The molecule has 0 saturated carbocycles. The first-order valence-electron chi connectivity index (χ1n) is 8.54. The maximum absolute atomic E-state index is 5.48. The van der Waals surface area contributed by atoms with Crippen molar-refractivity contribution in [1.82, 2.24) is 4.90 Å². The van der Waals surface area contributed by atoms with Gasteiger partial charge in [-0.3, -0.25) is 0 Å². The van der Waals surface area contributed by atoms with Gasteiger partial charge in [0, 0.05) is 54.7 Å². The summed E-state index contributed by atoms with van der Waals surface area (Å²) < 4.78 is 32.9. The minimum absolute atomic E-state index is 0.823. The smallest absolute Gasteiger partial charge is 0.377 e. The number of hydrogen-bond donors (Lipinski definition) is 0.